The second kappa shape index (κ2) is 5.79. The van der Waals surface area contributed by atoms with Crippen LogP contribution < -0.4 is 10.2 Å². The quantitative estimate of drug-likeness (QED) is 0.629. The number of anilines is 2. The third-order valence-electron chi connectivity index (χ3n) is 3.13. The van der Waals surface area contributed by atoms with Gasteiger partial charge >= 0.3 is 5.69 Å². The van der Waals surface area contributed by atoms with Crippen LogP contribution in [0.25, 0.3) is 0 Å². The lowest BCUT2D eigenvalue weighted by Crippen LogP contribution is -2.45. The van der Waals surface area contributed by atoms with Crippen molar-refractivity contribution in [1.82, 2.24) is 14.9 Å². The van der Waals surface area contributed by atoms with Crippen LogP contribution in [0.5, 0.6) is 0 Å². The zero-order valence-corrected chi connectivity index (χ0v) is 11.2. The van der Waals surface area contributed by atoms with Gasteiger partial charge in [0.2, 0.25) is 11.6 Å². The van der Waals surface area contributed by atoms with Gasteiger partial charge in [-0.15, -0.1) is 0 Å². The summed E-state index contributed by atoms with van der Waals surface area (Å²) in [5.74, 6) is 0.695. The van der Waals surface area contributed by atoms with E-state index < -0.39 is 4.92 Å². The fourth-order valence-corrected chi connectivity index (χ4v) is 2.08. The molecular formula is C11H18N6O2. The highest BCUT2D eigenvalue weighted by atomic mass is 16.6. The molecule has 1 saturated heterocycles. The summed E-state index contributed by atoms with van der Waals surface area (Å²) in [5.41, 5.74) is -0.0334. The van der Waals surface area contributed by atoms with Crippen LogP contribution in [0.15, 0.2) is 6.33 Å². The molecular weight excluding hydrogens is 248 g/mol. The minimum absolute atomic E-state index is 0.0334. The van der Waals surface area contributed by atoms with Gasteiger partial charge in [-0.2, -0.15) is 0 Å². The number of nitrogens with one attached hydrogen (secondary N) is 1. The van der Waals surface area contributed by atoms with Gasteiger partial charge in [0, 0.05) is 32.7 Å². The molecule has 1 aliphatic rings. The maximum atomic E-state index is 11.3. The van der Waals surface area contributed by atoms with Crippen LogP contribution in [0.1, 0.15) is 6.92 Å². The summed E-state index contributed by atoms with van der Waals surface area (Å²) in [6.45, 7) is 5.68. The molecule has 2 rings (SSSR count). The summed E-state index contributed by atoms with van der Waals surface area (Å²) in [6.07, 6.45) is 1.37. The lowest BCUT2D eigenvalue weighted by atomic mass is 10.3. The molecule has 0 spiro atoms. The number of hydrogen-bond acceptors (Lipinski definition) is 7. The molecule has 0 aromatic carbocycles. The number of likely N-dealkylation sites (N-methyl/N-ethyl adjacent to an activating group) is 1. The summed E-state index contributed by atoms with van der Waals surface area (Å²) in [6, 6.07) is 0. The van der Waals surface area contributed by atoms with Crippen molar-refractivity contribution in [2.24, 2.45) is 0 Å². The number of rotatable bonds is 4. The molecule has 2 heterocycles. The first kappa shape index (κ1) is 13.5. The van der Waals surface area contributed by atoms with Crippen molar-refractivity contribution in [3.63, 3.8) is 0 Å². The van der Waals surface area contributed by atoms with E-state index in [9.17, 15) is 10.1 Å². The molecule has 19 heavy (non-hydrogen) atoms. The Morgan fingerprint density at radius 1 is 1.37 bits per heavy atom. The van der Waals surface area contributed by atoms with Crippen LogP contribution in [-0.2, 0) is 0 Å². The third-order valence-corrected chi connectivity index (χ3v) is 3.13. The van der Waals surface area contributed by atoms with Gasteiger partial charge < -0.3 is 15.1 Å². The third kappa shape index (κ3) is 2.90. The van der Waals surface area contributed by atoms with Crippen molar-refractivity contribution in [1.29, 1.82) is 0 Å². The SMILES string of the molecule is CCNc1ncnc(N2CCN(C)CC2)c1[N+](=O)[O-]. The van der Waals surface area contributed by atoms with Crippen molar-refractivity contribution >= 4 is 17.3 Å². The van der Waals surface area contributed by atoms with E-state index in [4.69, 9.17) is 0 Å². The maximum Gasteiger partial charge on any atom is 0.353 e. The van der Waals surface area contributed by atoms with E-state index in [2.05, 4.69) is 20.2 Å². The first-order valence-electron chi connectivity index (χ1n) is 6.30. The first-order chi connectivity index (χ1) is 9.13. The molecule has 0 saturated carbocycles. The van der Waals surface area contributed by atoms with Crippen LogP contribution in [-0.4, -0.2) is 59.6 Å². The molecule has 1 aromatic heterocycles. The molecule has 0 atom stereocenters. The van der Waals surface area contributed by atoms with Gasteiger partial charge in [-0.05, 0) is 14.0 Å². The standard InChI is InChI=1S/C11H18N6O2/c1-3-12-10-9(17(18)19)11(14-8-13-10)16-6-4-15(2)5-7-16/h8H,3-7H2,1-2H3,(H,12,13,14). The average molecular weight is 266 g/mol. The Hall–Kier alpha value is -1.96. The fourth-order valence-electron chi connectivity index (χ4n) is 2.08. The molecule has 0 unspecified atom stereocenters. The van der Waals surface area contributed by atoms with Crippen LogP contribution >= 0.6 is 0 Å². The number of aromatic nitrogens is 2. The Bertz CT molecular complexity index is 458. The van der Waals surface area contributed by atoms with Crippen molar-refractivity contribution < 1.29 is 4.92 Å². The second-order valence-corrected chi connectivity index (χ2v) is 4.47. The van der Waals surface area contributed by atoms with Crippen molar-refractivity contribution in [2.75, 3.05) is 50.0 Å². The summed E-state index contributed by atoms with van der Waals surface area (Å²) < 4.78 is 0. The molecule has 0 amide bonds. The van der Waals surface area contributed by atoms with Gasteiger partial charge in [-0.3, -0.25) is 10.1 Å². The fraction of sp³-hybridized carbons (Fsp3) is 0.636. The van der Waals surface area contributed by atoms with Crippen molar-refractivity contribution in [3.8, 4) is 0 Å². The molecule has 8 heteroatoms. The lowest BCUT2D eigenvalue weighted by Gasteiger charge is -2.32. The van der Waals surface area contributed by atoms with Crippen molar-refractivity contribution in [2.45, 2.75) is 6.92 Å². The van der Waals surface area contributed by atoms with E-state index in [0.717, 1.165) is 26.2 Å². The van der Waals surface area contributed by atoms with Gasteiger partial charge in [0.05, 0.1) is 4.92 Å². The van der Waals surface area contributed by atoms with E-state index in [1.54, 1.807) is 0 Å². The zero-order chi connectivity index (χ0) is 13.8. The molecule has 1 aromatic rings. The zero-order valence-electron chi connectivity index (χ0n) is 11.2. The predicted molar refractivity (Wildman–Crippen MR) is 72.6 cm³/mol. The van der Waals surface area contributed by atoms with Crippen LogP contribution in [0.3, 0.4) is 0 Å². The van der Waals surface area contributed by atoms with Gasteiger partial charge in [0.25, 0.3) is 0 Å². The topological polar surface area (TPSA) is 87.4 Å². The Morgan fingerprint density at radius 2 is 2.05 bits per heavy atom. The normalized spacial score (nSPS) is 16.4. The Morgan fingerprint density at radius 3 is 2.63 bits per heavy atom. The summed E-state index contributed by atoms with van der Waals surface area (Å²) in [7, 11) is 2.04. The molecule has 0 radical (unpaired) electrons. The van der Waals surface area contributed by atoms with Crippen molar-refractivity contribution in [3.05, 3.63) is 16.4 Å². The highest BCUT2D eigenvalue weighted by molar-refractivity contribution is 5.70. The van der Waals surface area contributed by atoms with E-state index in [1.807, 2.05) is 18.9 Å². The van der Waals surface area contributed by atoms with E-state index in [1.165, 1.54) is 6.33 Å². The smallest absolute Gasteiger partial charge is 0.353 e. The van der Waals surface area contributed by atoms with E-state index in [-0.39, 0.29) is 11.5 Å². The largest absolute Gasteiger partial charge is 0.364 e. The minimum atomic E-state index is -0.411. The highest BCUT2D eigenvalue weighted by Crippen LogP contribution is 2.31. The Labute approximate surface area is 111 Å². The number of nitrogens with zero attached hydrogens (tertiary/aromatic N) is 5. The van der Waals surface area contributed by atoms with Gasteiger partial charge in [-0.25, -0.2) is 9.97 Å². The minimum Gasteiger partial charge on any atom is -0.364 e. The first-order valence-corrected chi connectivity index (χ1v) is 6.30. The summed E-state index contributed by atoms with van der Waals surface area (Å²) in [4.78, 5) is 23.1. The van der Waals surface area contributed by atoms with Gasteiger partial charge in [-0.1, -0.05) is 0 Å². The predicted octanol–water partition coefficient (Wildman–Crippen LogP) is 0.568. The Kier molecular flexibility index (Phi) is 4.10. The van der Waals surface area contributed by atoms with Crippen LogP contribution in [0.2, 0.25) is 0 Å². The van der Waals surface area contributed by atoms with Gasteiger partial charge in [0.1, 0.15) is 6.33 Å². The molecule has 1 fully saturated rings. The molecule has 1 N–H and O–H groups in total. The summed E-state index contributed by atoms with van der Waals surface area (Å²) >= 11 is 0. The Balaban J connectivity index is 2.33. The summed E-state index contributed by atoms with van der Waals surface area (Å²) in [5, 5.41) is 14.2. The molecule has 1 aliphatic heterocycles. The maximum absolute atomic E-state index is 11.3. The van der Waals surface area contributed by atoms with Crippen LogP contribution in [0.4, 0.5) is 17.3 Å². The molecule has 0 aliphatic carbocycles. The number of hydrogen-bond donors (Lipinski definition) is 1. The van der Waals surface area contributed by atoms with Crippen LogP contribution in [0, 0.1) is 10.1 Å². The number of nitro groups is 1. The second-order valence-electron chi connectivity index (χ2n) is 4.47. The van der Waals surface area contributed by atoms with E-state index in [0.29, 0.717) is 12.4 Å². The highest BCUT2D eigenvalue weighted by Gasteiger charge is 2.28. The molecule has 0 bridgehead atoms. The monoisotopic (exact) mass is 266 g/mol. The molecule has 104 valence electrons. The lowest BCUT2D eigenvalue weighted by molar-refractivity contribution is -0.383. The van der Waals surface area contributed by atoms with E-state index >= 15 is 0 Å². The number of piperazine rings is 1. The molecule has 8 nitrogen and oxygen atoms in total. The van der Waals surface area contributed by atoms with Gasteiger partial charge in [0.15, 0.2) is 0 Å². The average Bonchev–Trinajstić information content (AvgIpc) is 2.39.